The summed E-state index contributed by atoms with van der Waals surface area (Å²) in [6, 6.07) is 10.6. The zero-order valence-electron chi connectivity index (χ0n) is 35.5. The van der Waals surface area contributed by atoms with E-state index in [2.05, 4.69) is 25.4 Å². The van der Waals surface area contributed by atoms with Crippen molar-refractivity contribution in [3.63, 3.8) is 0 Å². The summed E-state index contributed by atoms with van der Waals surface area (Å²) < 4.78 is 39.8. The smallest absolute Gasteiger partial charge is 0.398 e. The lowest BCUT2D eigenvalue weighted by Crippen LogP contribution is -2.54. The summed E-state index contributed by atoms with van der Waals surface area (Å²) in [4.78, 5) is 77.9. The summed E-state index contributed by atoms with van der Waals surface area (Å²) in [6.07, 6.45) is 5.70. The van der Waals surface area contributed by atoms with Crippen molar-refractivity contribution in [2.45, 2.75) is 102 Å². The number of amides is 5. The predicted octanol–water partition coefficient (Wildman–Crippen LogP) is 5.92. The molecule has 3 aromatic rings. The number of aliphatic hydroxyl groups is 1. The van der Waals surface area contributed by atoms with Gasteiger partial charge in [0.15, 0.2) is 0 Å². The third-order valence-electron chi connectivity index (χ3n) is 13.7. The van der Waals surface area contributed by atoms with Crippen molar-refractivity contribution in [3.8, 4) is 0 Å². The van der Waals surface area contributed by atoms with E-state index in [1.165, 1.54) is 45.6 Å². The summed E-state index contributed by atoms with van der Waals surface area (Å²) in [7, 11) is 0. The number of benzene rings is 2. The van der Waals surface area contributed by atoms with E-state index >= 15 is 0 Å². The van der Waals surface area contributed by atoms with Gasteiger partial charge in [0.25, 0.3) is 17.7 Å². The number of alkyl halides is 3. The first-order valence-electron chi connectivity index (χ1n) is 21.8. The fraction of sp³-hybridized carbons (Fsp3) is 0.500. The Labute approximate surface area is 363 Å². The number of carbonyl (C=O) groups excluding carboxylic acids is 5. The zero-order valence-corrected chi connectivity index (χ0v) is 35.5. The number of rotatable bonds is 9. The van der Waals surface area contributed by atoms with E-state index in [1.807, 2.05) is 6.07 Å². The molecule has 4 aliphatic heterocycles. The van der Waals surface area contributed by atoms with Crippen LogP contribution < -0.4 is 21.3 Å². The molecule has 4 fully saturated rings. The molecule has 3 saturated heterocycles. The van der Waals surface area contributed by atoms with E-state index in [0.29, 0.717) is 33.7 Å². The van der Waals surface area contributed by atoms with E-state index in [1.54, 1.807) is 30.5 Å². The molecule has 8 rings (SSSR count). The van der Waals surface area contributed by atoms with Gasteiger partial charge < -0.3 is 26.0 Å². The maximum absolute atomic E-state index is 13.4. The molecule has 1 spiro atoms. The van der Waals surface area contributed by atoms with Crippen molar-refractivity contribution < 1.29 is 42.3 Å². The van der Waals surface area contributed by atoms with Gasteiger partial charge in [-0.25, -0.2) is 4.98 Å². The Kier molecular flexibility index (Phi) is 11.9. The van der Waals surface area contributed by atoms with Crippen LogP contribution in [0.5, 0.6) is 0 Å². The second-order valence-electron chi connectivity index (χ2n) is 18.4. The summed E-state index contributed by atoms with van der Waals surface area (Å²) in [6.45, 7) is 7.64. The standard InChI is InChI=1S/C46H53F3N8O6/c1-44(2,63)33-24-34(50)28(22-36(33)53-40(59)35-4-3-5-38(52-35)46(47,48)49)25-51-29-12-18-55(19-13-29)26-27-10-14-45(15-11-27)16-20-56(21-17-45)30-6-7-31-32(23-30)43(62)57(42(31)61)37-8-9-39(58)54-41(37)60/h3-7,22-25,27,29,37,63H,8-21,26,50H2,1-2H3,(H,53,59)(H,54,58,60). The van der Waals surface area contributed by atoms with Gasteiger partial charge in [0.2, 0.25) is 11.8 Å². The first kappa shape index (κ1) is 43.9. The highest BCUT2D eigenvalue weighted by molar-refractivity contribution is 6.23. The Morgan fingerprint density at radius 3 is 2.30 bits per heavy atom. The van der Waals surface area contributed by atoms with Crippen LogP contribution >= 0.6 is 0 Å². The van der Waals surface area contributed by atoms with Gasteiger partial charge in [-0.2, -0.15) is 13.2 Å². The van der Waals surface area contributed by atoms with Crippen LogP contribution in [0.3, 0.4) is 0 Å². The summed E-state index contributed by atoms with van der Waals surface area (Å²) in [5.74, 6) is -2.25. The largest absolute Gasteiger partial charge is 0.433 e. The minimum atomic E-state index is -4.71. The van der Waals surface area contributed by atoms with E-state index in [4.69, 9.17) is 10.7 Å². The molecular weight excluding hydrogens is 818 g/mol. The number of imide groups is 2. The molecule has 0 bridgehead atoms. The van der Waals surface area contributed by atoms with Crippen molar-refractivity contribution in [2.24, 2.45) is 16.3 Å². The third kappa shape index (κ3) is 9.35. The van der Waals surface area contributed by atoms with Gasteiger partial charge in [-0.05, 0) is 125 Å². The second kappa shape index (κ2) is 17.1. The number of nitrogen functional groups attached to an aromatic ring is 1. The number of nitrogens with two attached hydrogens (primary N) is 1. The Balaban J connectivity index is 0.808. The van der Waals surface area contributed by atoms with Gasteiger partial charge in [-0.3, -0.25) is 39.2 Å². The maximum Gasteiger partial charge on any atom is 0.433 e. The fourth-order valence-electron chi connectivity index (χ4n) is 9.93. The number of halogens is 3. The lowest BCUT2D eigenvalue weighted by Gasteiger charge is -2.47. The first-order valence-corrected chi connectivity index (χ1v) is 21.8. The lowest BCUT2D eigenvalue weighted by molar-refractivity contribution is -0.141. The maximum atomic E-state index is 13.4. The highest BCUT2D eigenvalue weighted by atomic mass is 19.4. The van der Waals surface area contributed by atoms with Crippen molar-refractivity contribution in [1.82, 2.24) is 20.1 Å². The summed E-state index contributed by atoms with van der Waals surface area (Å²) in [5, 5.41) is 15.7. The highest BCUT2D eigenvalue weighted by Gasteiger charge is 2.45. The van der Waals surface area contributed by atoms with Gasteiger partial charge in [-0.1, -0.05) is 6.07 Å². The molecule has 5 amide bonds. The Morgan fingerprint density at radius 1 is 0.937 bits per heavy atom. The Bertz CT molecular complexity index is 2340. The van der Waals surface area contributed by atoms with Crippen LogP contribution in [0, 0.1) is 11.3 Å². The van der Waals surface area contributed by atoms with Gasteiger partial charge in [0, 0.05) is 73.5 Å². The minimum absolute atomic E-state index is 0.0651. The molecule has 334 valence electrons. The average molecular weight is 871 g/mol. The molecular formula is C46H53F3N8O6. The van der Waals surface area contributed by atoms with Gasteiger partial charge in [0.05, 0.1) is 22.8 Å². The Morgan fingerprint density at radius 2 is 1.63 bits per heavy atom. The number of piperidine rings is 3. The monoisotopic (exact) mass is 870 g/mol. The molecule has 0 radical (unpaired) electrons. The number of aromatic nitrogens is 1. The quantitative estimate of drug-likeness (QED) is 0.114. The number of hydrogen-bond donors (Lipinski definition) is 4. The van der Waals surface area contributed by atoms with Crippen LogP contribution in [0.15, 0.2) is 53.5 Å². The highest BCUT2D eigenvalue weighted by Crippen LogP contribution is 2.47. The number of pyridine rings is 1. The van der Waals surface area contributed by atoms with Crippen LogP contribution in [-0.2, 0) is 21.4 Å². The molecule has 2 aromatic carbocycles. The first-order chi connectivity index (χ1) is 29.9. The van der Waals surface area contributed by atoms with Crippen LogP contribution in [-0.4, -0.2) is 100 Å². The van der Waals surface area contributed by atoms with Gasteiger partial charge >= 0.3 is 6.18 Å². The number of likely N-dealkylation sites (tertiary alicyclic amines) is 1. The van der Waals surface area contributed by atoms with Crippen LogP contribution in [0.1, 0.15) is 126 Å². The normalized spacial score (nSPS) is 21.7. The number of carbonyl (C=O) groups is 5. The summed E-state index contributed by atoms with van der Waals surface area (Å²) in [5.41, 5.74) is 6.46. The van der Waals surface area contributed by atoms with Crippen LogP contribution in [0.25, 0.3) is 0 Å². The lowest BCUT2D eigenvalue weighted by atomic mass is 9.65. The van der Waals surface area contributed by atoms with Crippen molar-refractivity contribution in [3.05, 3.63) is 82.2 Å². The average Bonchev–Trinajstić information content (AvgIpc) is 3.49. The Hall–Kier alpha value is -5.68. The molecule has 5 aliphatic rings. The minimum Gasteiger partial charge on any atom is -0.398 e. The third-order valence-corrected chi connectivity index (χ3v) is 13.7. The van der Waals surface area contributed by atoms with Gasteiger partial charge in [0.1, 0.15) is 17.4 Å². The van der Waals surface area contributed by atoms with E-state index in [0.717, 1.165) is 81.1 Å². The number of hydrogen-bond acceptors (Lipinski definition) is 11. The van der Waals surface area contributed by atoms with E-state index in [9.17, 15) is 42.3 Å². The molecule has 1 unspecified atom stereocenters. The molecule has 1 aromatic heterocycles. The molecule has 5 heterocycles. The van der Waals surface area contributed by atoms with Crippen molar-refractivity contribution >= 4 is 52.8 Å². The number of nitrogens with one attached hydrogen (secondary N) is 2. The van der Waals surface area contributed by atoms with Crippen LogP contribution in [0.4, 0.5) is 30.2 Å². The molecule has 1 saturated carbocycles. The molecule has 1 atom stereocenters. The topological polar surface area (TPSA) is 191 Å². The zero-order chi connectivity index (χ0) is 44.8. The second-order valence-corrected chi connectivity index (χ2v) is 18.4. The fourth-order valence-corrected chi connectivity index (χ4v) is 9.93. The van der Waals surface area contributed by atoms with Gasteiger partial charge in [-0.15, -0.1) is 0 Å². The number of anilines is 3. The van der Waals surface area contributed by atoms with Crippen LogP contribution in [0.2, 0.25) is 0 Å². The van der Waals surface area contributed by atoms with E-state index < -0.39 is 58.7 Å². The summed E-state index contributed by atoms with van der Waals surface area (Å²) >= 11 is 0. The number of nitrogens with zero attached hydrogens (tertiary/aromatic N) is 5. The molecule has 1 aliphatic carbocycles. The van der Waals surface area contributed by atoms with Crippen molar-refractivity contribution in [2.75, 3.05) is 48.7 Å². The molecule has 17 heteroatoms. The molecule has 5 N–H and O–H groups in total. The predicted molar refractivity (Wildman–Crippen MR) is 229 cm³/mol. The van der Waals surface area contributed by atoms with E-state index in [-0.39, 0.29) is 30.1 Å². The molecule has 14 nitrogen and oxygen atoms in total. The SMILES string of the molecule is CC(C)(O)c1cc(N)c(C=NC2CCN(CC3CCC4(CC3)CCN(c3ccc5c(c3)C(=O)N(C3CCC(=O)NC3=O)C5=O)CC4)CC2)cc1NC(=O)c1cccc(C(F)(F)F)n1. The molecule has 63 heavy (non-hydrogen) atoms. The number of aliphatic imine (C=N–C) groups is 1. The van der Waals surface area contributed by atoms with Crippen molar-refractivity contribution in [1.29, 1.82) is 0 Å². The number of fused-ring (bicyclic) bond motifs is 1.